The van der Waals surface area contributed by atoms with Gasteiger partial charge in [0.2, 0.25) is 0 Å². The first-order chi connectivity index (χ1) is 6.33. The Balaban J connectivity index is 2.20. The first kappa shape index (κ1) is 10.4. The summed E-state index contributed by atoms with van der Waals surface area (Å²) in [6, 6.07) is 1.81. The SMILES string of the molecule is CC(CCl)CNCc1ncccn1. The van der Waals surface area contributed by atoms with Gasteiger partial charge in [0.05, 0.1) is 6.54 Å². The summed E-state index contributed by atoms with van der Waals surface area (Å²) in [6.07, 6.45) is 3.49. The Morgan fingerprint density at radius 2 is 2.15 bits per heavy atom. The van der Waals surface area contributed by atoms with Gasteiger partial charge in [-0.2, -0.15) is 0 Å². The van der Waals surface area contributed by atoms with Crippen molar-refractivity contribution in [3.05, 3.63) is 24.3 Å². The lowest BCUT2D eigenvalue weighted by atomic mass is 10.2. The molecule has 1 atom stereocenters. The van der Waals surface area contributed by atoms with Gasteiger partial charge in [-0.15, -0.1) is 11.6 Å². The maximum Gasteiger partial charge on any atom is 0.141 e. The zero-order valence-electron chi connectivity index (χ0n) is 7.70. The molecule has 0 spiro atoms. The van der Waals surface area contributed by atoms with Gasteiger partial charge in [-0.05, 0) is 18.5 Å². The monoisotopic (exact) mass is 199 g/mol. The van der Waals surface area contributed by atoms with Crippen LogP contribution in [0.3, 0.4) is 0 Å². The molecule has 0 saturated heterocycles. The quantitative estimate of drug-likeness (QED) is 0.730. The molecule has 0 aromatic carbocycles. The summed E-state index contributed by atoms with van der Waals surface area (Å²) < 4.78 is 0. The molecule has 1 aromatic heterocycles. The van der Waals surface area contributed by atoms with Crippen LogP contribution in [0, 0.1) is 5.92 Å². The van der Waals surface area contributed by atoms with Crippen molar-refractivity contribution in [3.8, 4) is 0 Å². The van der Waals surface area contributed by atoms with E-state index in [4.69, 9.17) is 11.6 Å². The number of alkyl halides is 1. The molecular formula is C9H14ClN3. The van der Waals surface area contributed by atoms with E-state index in [1.807, 2.05) is 6.07 Å². The minimum absolute atomic E-state index is 0.491. The second-order valence-electron chi connectivity index (χ2n) is 3.06. The van der Waals surface area contributed by atoms with E-state index in [0.29, 0.717) is 18.3 Å². The highest BCUT2D eigenvalue weighted by Gasteiger charge is 1.99. The van der Waals surface area contributed by atoms with E-state index in [1.165, 1.54) is 0 Å². The van der Waals surface area contributed by atoms with Crippen LogP contribution in [0.4, 0.5) is 0 Å². The average molecular weight is 200 g/mol. The summed E-state index contributed by atoms with van der Waals surface area (Å²) >= 11 is 5.66. The Morgan fingerprint density at radius 1 is 1.46 bits per heavy atom. The summed E-state index contributed by atoms with van der Waals surface area (Å²) in [5, 5.41) is 3.24. The summed E-state index contributed by atoms with van der Waals surface area (Å²) in [7, 11) is 0. The van der Waals surface area contributed by atoms with Crippen molar-refractivity contribution in [2.45, 2.75) is 13.5 Å². The number of rotatable bonds is 5. The third-order valence-corrected chi connectivity index (χ3v) is 2.19. The maximum atomic E-state index is 5.66. The predicted octanol–water partition coefficient (Wildman–Crippen LogP) is 1.44. The van der Waals surface area contributed by atoms with Crippen LogP contribution in [0.25, 0.3) is 0 Å². The minimum atomic E-state index is 0.491. The molecule has 13 heavy (non-hydrogen) atoms. The van der Waals surface area contributed by atoms with Gasteiger partial charge in [0.15, 0.2) is 0 Å². The van der Waals surface area contributed by atoms with Gasteiger partial charge >= 0.3 is 0 Å². The standard InChI is InChI=1S/C9H14ClN3/c1-8(5-10)6-11-7-9-12-3-2-4-13-9/h2-4,8,11H,5-7H2,1H3. The van der Waals surface area contributed by atoms with Gasteiger partial charge in [0, 0.05) is 18.3 Å². The summed E-state index contributed by atoms with van der Waals surface area (Å²) in [6.45, 7) is 3.72. The molecule has 0 aliphatic rings. The molecule has 1 unspecified atom stereocenters. The molecule has 3 nitrogen and oxygen atoms in total. The van der Waals surface area contributed by atoms with Crippen molar-refractivity contribution in [1.82, 2.24) is 15.3 Å². The highest BCUT2D eigenvalue weighted by Crippen LogP contribution is 1.95. The second kappa shape index (κ2) is 5.89. The zero-order chi connectivity index (χ0) is 9.52. The van der Waals surface area contributed by atoms with E-state index in [9.17, 15) is 0 Å². The summed E-state index contributed by atoms with van der Waals surface area (Å²) in [5.41, 5.74) is 0. The lowest BCUT2D eigenvalue weighted by Crippen LogP contribution is -2.22. The van der Waals surface area contributed by atoms with Crippen LogP contribution in [0.2, 0.25) is 0 Å². The molecule has 1 heterocycles. The molecule has 0 aliphatic heterocycles. The van der Waals surface area contributed by atoms with Gasteiger partial charge in [-0.1, -0.05) is 6.92 Å². The van der Waals surface area contributed by atoms with Gasteiger partial charge in [-0.3, -0.25) is 0 Å². The van der Waals surface area contributed by atoms with Gasteiger partial charge in [-0.25, -0.2) is 9.97 Å². The average Bonchev–Trinajstić information content (AvgIpc) is 2.19. The molecule has 0 saturated carbocycles. The normalized spacial score (nSPS) is 12.8. The Kier molecular flexibility index (Phi) is 4.72. The number of aromatic nitrogens is 2. The van der Waals surface area contributed by atoms with E-state index in [0.717, 1.165) is 12.4 Å². The van der Waals surface area contributed by atoms with E-state index in [1.54, 1.807) is 12.4 Å². The number of nitrogens with zero attached hydrogens (tertiary/aromatic N) is 2. The second-order valence-corrected chi connectivity index (χ2v) is 3.36. The molecule has 4 heteroatoms. The molecule has 0 aliphatic carbocycles. The third-order valence-electron chi connectivity index (χ3n) is 1.66. The maximum absolute atomic E-state index is 5.66. The molecular weight excluding hydrogens is 186 g/mol. The first-order valence-corrected chi connectivity index (χ1v) is 4.89. The Hall–Kier alpha value is -0.670. The number of hydrogen-bond donors (Lipinski definition) is 1. The van der Waals surface area contributed by atoms with Crippen molar-refractivity contribution >= 4 is 11.6 Å². The molecule has 0 radical (unpaired) electrons. The Labute approximate surface area is 83.5 Å². The van der Waals surface area contributed by atoms with Crippen LogP contribution in [0.15, 0.2) is 18.5 Å². The van der Waals surface area contributed by atoms with E-state index < -0.39 is 0 Å². The van der Waals surface area contributed by atoms with Crippen molar-refractivity contribution in [2.24, 2.45) is 5.92 Å². The molecule has 72 valence electrons. The van der Waals surface area contributed by atoms with Gasteiger partial charge < -0.3 is 5.32 Å². The smallest absolute Gasteiger partial charge is 0.141 e. The fourth-order valence-electron chi connectivity index (χ4n) is 0.906. The topological polar surface area (TPSA) is 37.8 Å². The van der Waals surface area contributed by atoms with Crippen LogP contribution >= 0.6 is 11.6 Å². The van der Waals surface area contributed by atoms with Crippen molar-refractivity contribution in [3.63, 3.8) is 0 Å². The van der Waals surface area contributed by atoms with Crippen LogP contribution in [0.1, 0.15) is 12.7 Å². The molecule has 0 bridgehead atoms. The van der Waals surface area contributed by atoms with E-state index in [-0.39, 0.29) is 0 Å². The minimum Gasteiger partial charge on any atom is -0.310 e. The lowest BCUT2D eigenvalue weighted by molar-refractivity contribution is 0.547. The third kappa shape index (κ3) is 4.20. The van der Waals surface area contributed by atoms with Gasteiger partial charge in [0.25, 0.3) is 0 Å². The Morgan fingerprint density at radius 3 is 2.77 bits per heavy atom. The van der Waals surface area contributed by atoms with Crippen LogP contribution in [-0.2, 0) is 6.54 Å². The lowest BCUT2D eigenvalue weighted by Gasteiger charge is -2.07. The molecule has 0 amide bonds. The molecule has 1 aromatic rings. The predicted molar refractivity (Wildman–Crippen MR) is 53.6 cm³/mol. The van der Waals surface area contributed by atoms with Crippen molar-refractivity contribution in [2.75, 3.05) is 12.4 Å². The number of nitrogens with one attached hydrogen (secondary N) is 1. The highest BCUT2D eigenvalue weighted by atomic mass is 35.5. The number of hydrogen-bond acceptors (Lipinski definition) is 3. The van der Waals surface area contributed by atoms with E-state index in [2.05, 4.69) is 22.2 Å². The largest absolute Gasteiger partial charge is 0.310 e. The Bertz CT molecular complexity index is 228. The van der Waals surface area contributed by atoms with E-state index >= 15 is 0 Å². The van der Waals surface area contributed by atoms with Gasteiger partial charge in [0.1, 0.15) is 5.82 Å². The summed E-state index contributed by atoms with van der Waals surface area (Å²) in [4.78, 5) is 8.19. The van der Waals surface area contributed by atoms with Crippen molar-refractivity contribution < 1.29 is 0 Å². The fourth-order valence-corrected chi connectivity index (χ4v) is 1.02. The zero-order valence-corrected chi connectivity index (χ0v) is 8.46. The molecule has 1 N–H and O–H groups in total. The summed E-state index contributed by atoms with van der Waals surface area (Å²) in [5.74, 6) is 2.00. The molecule has 0 fully saturated rings. The highest BCUT2D eigenvalue weighted by molar-refractivity contribution is 6.18. The fraction of sp³-hybridized carbons (Fsp3) is 0.556. The van der Waals surface area contributed by atoms with Crippen LogP contribution in [0.5, 0.6) is 0 Å². The number of halogens is 1. The van der Waals surface area contributed by atoms with Crippen molar-refractivity contribution in [1.29, 1.82) is 0 Å². The van der Waals surface area contributed by atoms with Crippen LogP contribution < -0.4 is 5.32 Å². The first-order valence-electron chi connectivity index (χ1n) is 4.35. The van der Waals surface area contributed by atoms with Crippen LogP contribution in [-0.4, -0.2) is 22.4 Å². The molecule has 1 rings (SSSR count).